The van der Waals surface area contributed by atoms with Gasteiger partial charge in [-0.05, 0) is 38.0 Å². The summed E-state index contributed by atoms with van der Waals surface area (Å²) in [6.45, 7) is 8.03. The molecule has 0 spiro atoms. The van der Waals surface area contributed by atoms with Gasteiger partial charge in [-0.2, -0.15) is 0 Å². The quantitative estimate of drug-likeness (QED) is 0.524. The van der Waals surface area contributed by atoms with Gasteiger partial charge in [0.25, 0.3) is 5.91 Å². The van der Waals surface area contributed by atoms with Crippen LogP contribution in [-0.4, -0.2) is 70.5 Å². The Morgan fingerprint density at radius 1 is 1.03 bits per heavy atom. The van der Waals surface area contributed by atoms with Crippen LogP contribution in [0.4, 0.5) is 10.5 Å². The van der Waals surface area contributed by atoms with Crippen molar-refractivity contribution in [2.75, 3.05) is 31.5 Å². The maximum atomic E-state index is 12.4. The van der Waals surface area contributed by atoms with Crippen LogP contribution in [0.1, 0.15) is 38.1 Å². The number of nitrogens with zero attached hydrogens (tertiary/aromatic N) is 3. The molecular weight excluding hydrogens is 376 g/mol. The van der Waals surface area contributed by atoms with Crippen LogP contribution in [-0.2, 0) is 14.4 Å². The normalized spacial score (nSPS) is 14.0. The molecule has 0 unspecified atom stereocenters. The fraction of sp³-hybridized carbons (Fsp3) is 0.450. The molecule has 1 aliphatic rings. The Labute approximate surface area is 169 Å². The highest BCUT2D eigenvalue weighted by Gasteiger charge is 2.45. The smallest absolute Gasteiger partial charge is 0.334 e. The van der Waals surface area contributed by atoms with Crippen molar-refractivity contribution in [2.45, 2.75) is 27.7 Å². The van der Waals surface area contributed by atoms with Crippen molar-refractivity contribution in [1.29, 1.82) is 0 Å². The van der Waals surface area contributed by atoms with Crippen molar-refractivity contribution in [3.63, 3.8) is 0 Å². The standard InChI is InChI=1S/C20H26N4O5/c1-5-22(6-2)17(26)14-8-7-9-15(10-14)21-16(25)12-24-19(28)18(27)23(20(24)29)11-13(3)4/h7-10,13H,5-6,11-12H2,1-4H3,(H,21,25). The lowest BCUT2D eigenvalue weighted by Gasteiger charge is -2.19. The van der Waals surface area contributed by atoms with Crippen molar-refractivity contribution < 1.29 is 24.0 Å². The molecule has 1 heterocycles. The minimum absolute atomic E-state index is 0.00411. The van der Waals surface area contributed by atoms with Gasteiger partial charge in [-0.25, -0.2) is 9.69 Å². The van der Waals surface area contributed by atoms with Gasteiger partial charge in [-0.15, -0.1) is 0 Å². The fourth-order valence-electron chi connectivity index (χ4n) is 2.98. The summed E-state index contributed by atoms with van der Waals surface area (Å²) in [5.74, 6) is -2.75. The molecule has 156 valence electrons. The molecule has 2 rings (SSSR count). The maximum Gasteiger partial charge on any atom is 0.334 e. The van der Waals surface area contributed by atoms with Gasteiger partial charge in [0.2, 0.25) is 5.91 Å². The minimum atomic E-state index is -1.02. The third kappa shape index (κ3) is 4.98. The lowest BCUT2D eigenvalue weighted by Crippen LogP contribution is -2.39. The molecule has 9 nitrogen and oxygen atoms in total. The molecule has 0 saturated carbocycles. The zero-order valence-electron chi connectivity index (χ0n) is 17.1. The number of rotatable bonds is 8. The third-order valence-corrected chi connectivity index (χ3v) is 4.43. The SMILES string of the molecule is CCN(CC)C(=O)c1cccc(NC(=O)CN2C(=O)C(=O)N(CC(C)C)C2=O)c1. The number of anilines is 1. The Kier molecular flexibility index (Phi) is 7.08. The molecule has 1 aliphatic heterocycles. The molecule has 0 atom stereocenters. The summed E-state index contributed by atoms with van der Waals surface area (Å²) in [6, 6.07) is 5.61. The second kappa shape index (κ2) is 9.31. The van der Waals surface area contributed by atoms with Gasteiger partial charge >= 0.3 is 17.8 Å². The summed E-state index contributed by atoms with van der Waals surface area (Å²) in [5.41, 5.74) is 0.774. The van der Waals surface area contributed by atoms with Gasteiger partial charge in [0.05, 0.1) is 0 Å². The van der Waals surface area contributed by atoms with Crippen LogP contribution in [0.3, 0.4) is 0 Å². The fourth-order valence-corrected chi connectivity index (χ4v) is 2.98. The molecule has 0 radical (unpaired) electrons. The largest absolute Gasteiger partial charge is 0.339 e. The number of carbonyl (C=O) groups excluding carboxylic acids is 5. The molecule has 0 aromatic heterocycles. The average molecular weight is 402 g/mol. The van der Waals surface area contributed by atoms with Crippen LogP contribution < -0.4 is 5.32 Å². The molecule has 1 aromatic carbocycles. The van der Waals surface area contributed by atoms with Gasteiger partial charge in [0.1, 0.15) is 6.54 Å². The summed E-state index contributed by atoms with van der Waals surface area (Å²) < 4.78 is 0. The Bertz CT molecular complexity index is 832. The van der Waals surface area contributed by atoms with Crippen molar-refractivity contribution in [3.8, 4) is 0 Å². The molecule has 0 bridgehead atoms. The number of hydrogen-bond acceptors (Lipinski definition) is 5. The van der Waals surface area contributed by atoms with E-state index in [0.717, 1.165) is 4.90 Å². The van der Waals surface area contributed by atoms with Gasteiger partial charge in [-0.1, -0.05) is 19.9 Å². The molecule has 1 fully saturated rings. The average Bonchev–Trinajstić information content (AvgIpc) is 2.87. The molecule has 0 aliphatic carbocycles. The molecule has 6 amide bonds. The van der Waals surface area contributed by atoms with Crippen molar-refractivity contribution in [1.82, 2.24) is 14.7 Å². The van der Waals surface area contributed by atoms with Crippen molar-refractivity contribution >= 4 is 35.3 Å². The Morgan fingerprint density at radius 3 is 2.24 bits per heavy atom. The van der Waals surface area contributed by atoms with E-state index >= 15 is 0 Å². The zero-order valence-corrected chi connectivity index (χ0v) is 17.1. The molecular formula is C20H26N4O5. The number of nitrogens with one attached hydrogen (secondary N) is 1. The second-order valence-corrected chi connectivity index (χ2v) is 7.09. The van der Waals surface area contributed by atoms with Gasteiger partial charge in [0, 0.05) is 30.9 Å². The number of benzene rings is 1. The highest BCUT2D eigenvalue weighted by molar-refractivity contribution is 6.45. The third-order valence-electron chi connectivity index (χ3n) is 4.43. The van der Waals surface area contributed by atoms with Gasteiger partial charge in [-0.3, -0.25) is 24.1 Å². The van der Waals surface area contributed by atoms with Gasteiger partial charge < -0.3 is 10.2 Å². The van der Waals surface area contributed by atoms with E-state index in [-0.39, 0.29) is 18.4 Å². The number of urea groups is 1. The zero-order chi connectivity index (χ0) is 21.7. The summed E-state index contributed by atoms with van der Waals surface area (Å²) >= 11 is 0. The van der Waals surface area contributed by atoms with E-state index in [0.29, 0.717) is 29.2 Å². The van der Waals surface area contributed by atoms with Crippen molar-refractivity contribution in [2.24, 2.45) is 5.92 Å². The topological polar surface area (TPSA) is 107 Å². The minimum Gasteiger partial charge on any atom is -0.339 e. The lowest BCUT2D eigenvalue weighted by atomic mass is 10.1. The van der Waals surface area contributed by atoms with Crippen molar-refractivity contribution in [3.05, 3.63) is 29.8 Å². The summed E-state index contributed by atoms with van der Waals surface area (Å²) in [7, 11) is 0. The second-order valence-electron chi connectivity index (χ2n) is 7.09. The van der Waals surface area contributed by atoms with E-state index in [1.165, 1.54) is 6.07 Å². The predicted octanol–water partition coefficient (Wildman–Crippen LogP) is 1.55. The number of imide groups is 2. The first-order valence-electron chi connectivity index (χ1n) is 9.56. The molecule has 9 heteroatoms. The number of hydrogen-bond donors (Lipinski definition) is 1. The first-order valence-corrected chi connectivity index (χ1v) is 9.56. The molecule has 1 saturated heterocycles. The molecule has 1 N–H and O–H groups in total. The van der Waals surface area contributed by atoms with E-state index in [1.807, 2.05) is 27.7 Å². The van der Waals surface area contributed by atoms with E-state index < -0.39 is 30.3 Å². The van der Waals surface area contributed by atoms with E-state index in [1.54, 1.807) is 23.1 Å². The van der Waals surface area contributed by atoms with Crippen LogP contribution in [0.2, 0.25) is 0 Å². The molecule has 1 aromatic rings. The van der Waals surface area contributed by atoms with Crippen LogP contribution in [0, 0.1) is 5.92 Å². The van der Waals surface area contributed by atoms with E-state index in [2.05, 4.69) is 5.32 Å². The van der Waals surface area contributed by atoms with Gasteiger partial charge in [0.15, 0.2) is 0 Å². The monoisotopic (exact) mass is 402 g/mol. The Hall–Kier alpha value is -3.23. The first kappa shape index (κ1) is 22.1. The van der Waals surface area contributed by atoms with E-state index in [9.17, 15) is 24.0 Å². The first-order chi connectivity index (χ1) is 13.7. The summed E-state index contributed by atoms with van der Waals surface area (Å²) in [4.78, 5) is 64.3. The maximum absolute atomic E-state index is 12.4. The number of carbonyl (C=O) groups is 5. The van der Waals surface area contributed by atoms with Crippen LogP contribution in [0.15, 0.2) is 24.3 Å². The summed E-state index contributed by atoms with van der Waals surface area (Å²) in [6.07, 6.45) is 0. The lowest BCUT2D eigenvalue weighted by molar-refractivity contribution is -0.143. The molecule has 29 heavy (non-hydrogen) atoms. The highest BCUT2D eigenvalue weighted by atomic mass is 16.2. The van der Waals surface area contributed by atoms with Crippen LogP contribution >= 0.6 is 0 Å². The predicted molar refractivity (Wildman–Crippen MR) is 106 cm³/mol. The van der Waals surface area contributed by atoms with Crippen LogP contribution in [0.5, 0.6) is 0 Å². The van der Waals surface area contributed by atoms with E-state index in [4.69, 9.17) is 0 Å². The van der Waals surface area contributed by atoms with Crippen LogP contribution in [0.25, 0.3) is 0 Å². The number of amides is 6. The Morgan fingerprint density at radius 2 is 1.66 bits per heavy atom. The highest BCUT2D eigenvalue weighted by Crippen LogP contribution is 2.16. The Balaban J connectivity index is 2.07. The summed E-state index contributed by atoms with van der Waals surface area (Å²) in [5, 5.41) is 2.56.